The number of carbonyl (C=O) groups excluding carboxylic acids is 1. The fraction of sp³-hybridized carbons (Fsp3) is 0.500. The summed E-state index contributed by atoms with van der Waals surface area (Å²) >= 11 is 1.52. The maximum absolute atomic E-state index is 12.8. The van der Waals surface area contributed by atoms with E-state index >= 15 is 0 Å². The van der Waals surface area contributed by atoms with Gasteiger partial charge in [-0.05, 0) is 30.7 Å². The summed E-state index contributed by atoms with van der Waals surface area (Å²) in [5.41, 5.74) is 0.785. The molecule has 2 atom stereocenters. The summed E-state index contributed by atoms with van der Waals surface area (Å²) in [4.78, 5) is 11.4. The summed E-state index contributed by atoms with van der Waals surface area (Å²) in [5.74, 6) is 0. The molecule has 1 saturated carbocycles. The van der Waals surface area contributed by atoms with Gasteiger partial charge in [0.05, 0.1) is 5.69 Å². The topological polar surface area (TPSA) is 41.1 Å². The smallest absolute Gasteiger partial charge is 0.319 e. The first-order valence-corrected chi connectivity index (χ1v) is 5.92. The Morgan fingerprint density at radius 3 is 3.00 bits per heavy atom. The van der Waals surface area contributed by atoms with E-state index in [1.165, 1.54) is 11.3 Å². The number of halogens is 1. The lowest BCUT2D eigenvalue weighted by Crippen LogP contribution is -2.36. The van der Waals surface area contributed by atoms with Crippen LogP contribution in [-0.2, 0) is 0 Å². The molecule has 15 heavy (non-hydrogen) atoms. The van der Waals surface area contributed by atoms with Crippen LogP contribution in [0.5, 0.6) is 0 Å². The van der Waals surface area contributed by atoms with Crippen LogP contribution in [0.4, 0.5) is 14.9 Å². The fourth-order valence-corrected chi connectivity index (χ4v) is 2.33. The van der Waals surface area contributed by atoms with E-state index < -0.39 is 6.17 Å². The van der Waals surface area contributed by atoms with Gasteiger partial charge in [0, 0.05) is 11.4 Å². The van der Waals surface area contributed by atoms with Crippen molar-refractivity contribution in [2.24, 2.45) is 0 Å². The first-order chi connectivity index (χ1) is 7.24. The summed E-state index contributed by atoms with van der Waals surface area (Å²) < 4.78 is 12.8. The van der Waals surface area contributed by atoms with E-state index in [9.17, 15) is 9.18 Å². The number of rotatable bonds is 2. The van der Waals surface area contributed by atoms with Gasteiger partial charge >= 0.3 is 6.03 Å². The van der Waals surface area contributed by atoms with Crippen LogP contribution in [0.25, 0.3) is 0 Å². The van der Waals surface area contributed by atoms with Crippen molar-refractivity contribution >= 4 is 23.1 Å². The van der Waals surface area contributed by atoms with Gasteiger partial charge in [0.25, 0.3) is 0 Å². The third-order valence-corrected chi connectivity index (χ3v) is 3.17. The number of thiophene rings is 1. The third-order valence-electron chi connectivity index (χ3n) is 2.48. The zero-order valence-electron chi connectivity index (χ0n) is 8.20. The Kier molecular flexibility index (Phi) is 3.20. The van der Waals surface area contributed by atoms with Crippen molar-refractivity contribution in [3.8, 4) is 0 Å². The minimum atomic E-state index is -0.753. The lowest BCUT2D eigenvalue weighted by atomic mass is 10.2. The molecule has 0 radical (unpaired) electrons. The highest BCUT2D eigenvalue weighted by atomic mass is 32.1. The second-order valence-electron chi connectivity index (χ2n) is 3.72. The molecule has 0 aromatic carbocycles. The quantitative estimate of drug-likeness (QED) is 0.803. The Balaban J connectivity index is 1.78. The molecule has 5 heteroatoms. The fourth-order valence-electron chi connectivity index (χ4n) is 1.75. The lowest BCUT2D eigenvalue weighted by molar-refractivity contribution is 0.247. The molecule has 82 valence electrons. The minimum Gasteiger partial charge on any atom is -0.335 e. The van der Waals surface area contributed by atoms with Crippen LogP contribution in [0.3, 0.4) is 0 Å². The van der Waals surface area contributed by atoms with Crippen molar-refractivity contribution in [1.82, 2.24) is 5.32 Å². The van der Waals surface area contributed by atoms with Crippen LogP contribution < -0.4 is 10.6 Å². The second-order valence-corrected chi connectivity index (χ2v) is 4.50. The molecule has 1 aliphatic rings. The van der Waals surface area contributed by atoms with E-state index in [1.54, 1.807) is 0 Å². The standard InChI is InChI=1S/C10H13FN2OS/c11-7-1-2-8(5-7)12-10(14)13-9-3-4-15-6-9/h3-4,6-8H,1-2,5H2,(H2,12,13,14)/t7-,8-/m0/s1. The molecule has 0 aliphatic heterocycles. The van der Waals surface area contributed by atoms with Crippen molar-refractivity contribution in [3.63, 3.8) is 0 Å². The van der Waals surface area contributed by atoms with Gasteiger partial charge in [-0.3, -0.25) is 0 Å². The van der Waals surface area contributed by atoms with Crippen LogP contribution in [0.2, 0.25) is 0 Å². The molecule has 1 fully saturated rings. The maximum Gasteiger partial charge on any atom is 0.319 e. The molecule has 1 heterocycles. The predicted octanol–water partition coefficient (Wildman–Crippen LogP) is 2.76. The highest BCUT2D eigenvalue weighted by Gasteiger charge is 2.25. The molecular weight excluding hydrogens is 215 g/mol. The molecule has 2 rings (SSSR count). The molecular formula is C10H13FN2OS. The average molecular weight is 228 g/mol. The SMILES string of the molecule is O=C(Nc1ccsc1)N[C@H]1CC[C@H](F)C1. The molecule has 2 amide bonds. The van der Waals surface area contributed by atoms with Crippen molar-refractivity contribution < 1.29 is 9.18 Å². The molecule has 0 bridgehead atoms. The van der Waals surface area contributed by atoms with Gasteiger partial charge in [-0.1, -0.05) is 0 Å². The van der Waals surface area contributed by atoms with Gasteiger partial charge in [-0.15, -0.1) is 0 Å². The maximum atomic E-state index is 12.8. The van der Waals surface area contributed by atoms with E-state index in [1.807, 2.05) is 16.8 Å². The monoisotopic (exact) mass is 228 g/mol. The Labute approximate surface area is 91.7 Å². The number of amides is 2. The zero-order valence-corrected chi connectivity index (χ0v) is 9.02. The molecule has 0 saturated heterocycles. The van der Waals surface area contributed by atoms with Gasteiger partial charge in [0.1, 0.15) is 6.17 Å². The van der Waals surface area contributed by atoms with E-state index in [-0.39, 0.29) is 12.1 Å². The van der Waals surface area contributed by atoms with Gasteiger partial charge in [-0.2, -0.15) is 11.3 Å². The first-order valence-electron chi connectivity index (χ1n) is 4.98. The summed E-state index contributed by atoms with van der Waals surface area (Å²) in [6, 6.07) is 1.57. The van der Waals surface area contributed by atoms with Crippen molar-refractivity contribution in [2.45, 2.75) is 31.5 Å². The summed E-state index contributed by atoms with van der Waals surface area (Å²) in [7, 11) is 0. The third kappa shape index (κ3) is 2.92. The van der Waals surface area contributed by atoms with E-state index in [4.69, 9.17) is 0 Å². The number of carbonyl (C=O) groups is 1. The minimum absolute atomic E-state index is 0.0152. The Morgan fingerprint density at radius 2 is 2.40 bits per heavy atom. The summed E-state index contributed by atoms with van der Waals surface area (Å²) in [6.07, 6.45) is 0.982. The van der Waals surface area contributed by atoms with Crippen molar-refractivity contribution in [2.75, 3.05) is 5.32 Å². The second kappa shape index (κ2) is 4.61. The van der Waals surface area contributed by atoms with E-state index in [0.29, 0.717) is 12.8 Å². The number of anilines is 1. The molecule has 2 N–H and O–H groups in total. The lowest BCUT2D eigenvalue weighted by Gasteiger charge is -2.11. The largest absolute Gasteiger partial charge is 0.335 e. The number of alkyl halides is 1. The molecule has 0 spiro atoms. The first kappa shape index (κ1) is 10.4. The molecule has 1 aromatic heterocycles. The summed E-state index contributed by atoms with van der Waals surface area (Å²) in [5, 5.41) is 9.21. The molecule has 1 aliphatic carbocycles. The number of hydrogen-bond acceptors (Lipinski definition) is 2. The molecule has 0 unspecified atom stereocenters. The van der Waals surface area contributed by atoms with Gasteiger partial charge in [0.2, 0.25) is 0 Å². The zero-order chi connectivity index (χ0) is 10.7. The van der Waals surface area contributed by atoms with E-state index in [0.717, 1.165) is 12.1 Å². The van der Waals surface area contributed by atoms with Crippen LogP contribution in [0.15, 0.2) is 16.8 Å². The van der Waals surface area contributed by atoms with Crippen LogP contribution in [0, 0.1) is 0 Å². The van der Waals surface area contributed by atoms with Gasteiger partial charge in [0.15, 0.2) is 0 Å². The van der Waals surface area contributed by atoms with Gasteiger partial charge < -0.3 is 10.6 Å². The van der Waals surface area contributed by atoms with Crippen LogP contribution in [-0.4, -0.2) is 18.2 Å². The highest BCUT2D eigenvalue weighted by molar-refractivity contribution is 7.08. The van der Waals surface area contributed by atoms with Crippen molar-refractivity contribution in [1.29, 1.82) is 0 Å². The highest BCUT2D eigenvalue weighted by Crippen LogP contribution is 2.21. The van der Waals surface area contributed by atoms with Crippen molar-refractivity contribution in [3.05, 3.63) is 16.8 Å². The van der Waals surface area contributed by atoms with Crippen LogP contribution in [0.1, 0.15) is 19.3 Å². The Bertz CT molecular complexity index is 328. The summed E-state index contributed by atoms with van der Waals surface area (Å²) in [6.45, 7) is 0. The number of nitrogens with one attached hydrogen (secondary N) is 2. The average Bonchev–Trinajstić information content (AvgIpc) is 2.77. The predicted molar refractivity (Wildman–Crippen MR) is 59.0 cm³/mol. The molecule has 1 aromatic rings. The van der Waals surface area contributed by atoms with Crippen LogP contribution >= 0.6 is 11.3 Å². The van der Waals surface area contributed by atoms with E-state index in [2.05, 4.69) is 10.6 Å². The molecule has 3 nitrogen and oxygen atoms in total. The number of urea groups is 1. The number of hydrogen-bond donors (Lipinski definition) is 2. The Hall–Kier alpha value is -1.10. The van der Waals surface area contributed by atoms with Gasteiger partial charge in [-0.25, -0.2) is 9.18 Å². The Morgan fingerprint density at radius 1 is 1.53 bits per heavy atom. The normalized spacial score (nSPS) is 25.1.